The third-order valence-electron chi connectivity index (χ3n) is 3.96. The van der Waals surface area contributed by atoms with E-state index in [9.17, 15) is 15.0 Å². The van der Waals surface area contributed by atoms with Crippen LogP contribution in [0.3, 0.4) is 0 Å². The number of aromatic nitrogens is 1. The normalized spacial score (nSPS) is 11.4. The van der Waals surface area contributed by atoms with Crippen molar-refractivity contribution in [3.05, 3.63) is 63.9 Å². The zero-order valence-corrected chi connectivity index (χ0v) is 13.5. The van der Waals surface area contributed by atoms with Crippen molar-refractivity contribution in [2.45, 2.75) is 20.4 Å². The highest BCUT2D eigenvalue weighted by Gasteiger charge is 2.14. The average Bonchev–Trinajstić information content (AvgIpc) is 2.58. The molecule has 0 saturated carbocycles. The number of aryl methyl sites for hydroxylation is 2. The van der Waals surface area contributed by atoms with Crippen molar-refractivity contribution in [2.24, 2.45) is 4.99 Å². The zero-order chi connectivity index (χ0) is 17.3. The first-order valence-electron chi connectivity index (χ1n) is 7.71. The van der Waals surface area contributed by atoms with Gasteiger partial charge in [-0.05, 0) is 43.7 Å². The number of fused-ring (bicyclic) bond motifs is 1. The van der Waals surface area contributed by atoms with Crippen LogP contribution >= 0.6 is 0 Å². The van der Waals surface area contributed by atoms with E-state index in [0.29, 0.717) is 23.1 Å². The van der Waals surface area contributed by atoms with E-state index in [2.05, 4.69) is 4.99 Å². The Balaban J connectivity index is 2.21. The molecule has 0 aliphatic carbocycles. The predicted octanol–water partition coefficient (Wildman–Crippen LogP) is 3.49. The molecule has 5 nitrogen and oxygen atoms in total. The topological polar surface area (TPSA) is 74.8 Å². The fourth-order valence-electron chi connectivity index (χ4n) is 2.71. The lowest BCUT2D eigenvalue weighted by Gasteiger charge is -2.11. The van der Waals surface area contributed by atoms with Gasteiger partial charge in [0.2, 0.25) is 0 Å². The van der Waals surface area contributed by atoms with Crippen LogP contribution in [0.1, 0.15) is 18.1 Å². The van der Waals surface area contributed by atoms with Crippen LogP contribution in [0, 0.1) is 6.92 Å². The predicted molar refractivity (Wildman–Crippen MR) is 95.6 cm³/mol. The Hall–Kier alpha value is -3.08. The second-order valence-corrected chi connectivity index (χ2v) is 5.58. The molecule has 0 atom stereocenters. The lowest BCUT2D eigenvalue weighted by Crippen LogP contribution is -2.23. The van der Waals surface area contributed by atoms with E-state index < -0.39 is 0 Å². The van der Waals surface area contributed by atoms with Crippen LogP contribution in [-0.4, -0.2) is 21.0 Å². The maximum atomic E-state index is 12.7. The molecule has 0 saturated heterocycles. The van der Waals surface area contributed by atoms with Gasteiger partial charge in [-0.2, -0.15) is 0 Å². The quantitative estimate of drug-likeness (QED) is 0.725. The minimum Gasteiger partial charge on any atom is -0.506 e. The molecule has 0 amide bonds. The monoisotopic (exact) mass is 322 g/mol. The Morgan fingerprint density at radius 2 is 1.92 bits per heavy atom. The van der Waals surface area contributed by atoms with Crippen molar-refractivity contribution in [1.29, 1.82) is 0 Å². The van der Waals surface area contributed by atoms with Crippen molar-refractivity contribution in [1.82, 2.24) is 4.57 Å². The molecule has 3 aromatic rings. The summed E-state index contributed by atoms with van der Waals surface area (Å²) in [5.41, 5.74) is 1.76. The van der Waals surface area contributed by atoms with E-state index in [1.165, 1.54) is 6.21 Å². The Bertz CT molecular complexity index is 1000. The highest BCUT2D eigenvalue weighted by Crippen LogP contribution is 2.29. The molecule has 5 heteroatoms. The second-order valence-electron chi connectivity index (χ2n) is 5.58. The van der Waals surface area contributed by atoms with Gasteiger partial charge in [-0.1, -0.05) is 18.2 Å². The van der Waals surface area contributed by atoms with Crippen LogP contribution < -0.4 is 5.56 Å². The number of aromatic hydroxyl groups is 2. The first-order valence-corrected chi connectivity index (χ1v) is 7.71. The maximum absolute atomic E-state index is 12.7. The molecule has 2 aromatic carbocycles. The first-order chi connectivity index (χ1) is 11.5. The summed E-state index contributed by atoms with van der Waals surface area (Å²) in [4.78, 5) is 16.8. The zero-order valence-electron chi connectivity index (χ0n) is 13.5. The fraction of sp³-hybridized carbons (Fsp3) is 0.158. The number of phenolic OH excluding ortho intramolecular Hbond substituents is 1. The van der Waals surface area contributed by atoms with Crippen LogP contribution in [0.5, 0.6) is 11.5 Å². The van der Waals surface area contributed by atoms with Crippen molar-refractivity contribution >= 4 is 22.8 Å². The third-order valence-corrected chi connectivity index (χ3v) is 3.96. The van der Waals surface area contributed by atoms with Crippen LogP contribution in [-0.2, 0) is 6.54 Å². The number of para-hydroxylation sites is 1. The summed E-state index contributed by atoms with van der Waals surface area (Å²) >= 11 is 0. The van der Waals surface area contributed by atoms with Gasteiger partial charge in [0.25, 0.3) is 5.56 Å². The van der Waals surface area contributed by atoms with Gasteiger partial charge in [-0.3, -0.25) is 9.79 Å². The molecular formula is C19H18N2O3. The summed E-state index contributed by atoms with van der Waals surface area (Å²) in [5.74, 6) is -0.0795. The van der Waals surface area contributed by atoms with E-state index in [0.717, 1.165) is 5.56 Å². The highest BCUT2D eigenvalue weighted by molar-refractivity contribution is 5.95. The molecule has 3 rings (SSSR count). The molecular weight excluding hydrogens is 304 g/mol. The Kier molecular flexibility index (Phi) is 4.08. The fourth-order valence-corrected chi connectivity index (χ4v) is 2.71. The number of hydrogen-bond acceptors (Lipinski definition) is 4. The van der Waals surface area contributed by atoms with Gasteiger partial charge in [-0.15, -0.1) is 0 Å². The smallest absolute Gasteiger partial charge is 0.263 e. The minimum atomic E-state index is -0.315. The van der Waals surface area contributed by atoms with Crippen LogP contribution in [0.2, 0.25) is 0 Å². The van der Waals surface area contributed by atoms with Gasteiger partial charge < -0.3 is 14.8 Å². The Morgan fingerprint density at radius 1 is 1.17 bits per heavy atom. The van der Waals surface area contributed by atoms with Gasteiger partial charge in [0.1, 0.15) is 22.7 Å². The summed E-state index contributed by atoms with van der Waals surface area (Å²) in [6.07, 6.45) is 1.31. The van der Waals surface area contributed by atoms with E-state index in [1.54, 1.807) is 41.0 Å². The number of phenols is 1. The lowest BCUT2D eigenvalue weighted by molar-refractivity contribution is 0.476. The van der Waals surface area contributed by atoms with Crippen molar-refractivity contribution in [3.8, 4) is 11.5 Å². The second kappa shape index (κ2) is 6.20. The first kappa shape index (κ1) is 15.8. The minimum absolute atomic E-state index is 0.0212. The third kappa shape index (κ3) is 2.65. The number of hydrogen-bond donors (Lipinski definition) is 2. The standard InChI is InChI=1S/C19H18N2O3/c1-3-21-16-7-5-4-6-13(16)18(23)14(19(21)24)11-20-15-10-12(2)8-9-17(15)22/h4-11,22-23H,3H2,1-2H3. The van der Waals surface area contributed by atoms with Gasteiger partial charge in [-0.25, -0.2) is 0 Å². The summed E-state index contributed by atoms with van der Waals surface area (Å²) in [5, 5.41) is 20.9. The average molecular weight is 322 g/mol. The van der Waals surface area contributed by atoms with Crippen molar-refractivity contribution < 1.29 is 10.2 Å². The van der Waals surface area contributed by atoms with Crippen LogP contribution in [0.15, 0.2) is 52.3 Å². The molecule has 2 N–H and O–H groups in total. The van der Waals surface area contributed by atoms with Crippen LogP contribution in [0.4, 0.5) is 5.69 Å². The van der Waals surface area contributed by atoms with E-state index in [1.807, 2.05) is 19.9 Å². The van der Waals surface area contributed by atoms with Gasteiger partial charge in [0, 0.05) is 18.1 Å². The number of aliphatic imine (C=N–C) groups is 1. The summed E-state index contributed by atoms with van der Waals surface area (Å²) in [6, 6.07) is 12.2. The number of pyridine rings is 1. The van der Waals surface area contributed by atoms with E-state index >= 15 is 0 Å². The summed E-state index contributed by atoms with van der Waals surface area (Å²) in [7, 11) is 0. The molecule has 0 bridgehead atoms. The molecule has 0 fully saturated rings. The molecule has 0 aliphatic rings. The number of nitrogens with zero attached hydrogens (tertiary/aromatic N) is 2. The molecule has 0 radical (unpaired) electrons. The van der Waals surface area contributed by atoms with Crippen LogP contribution in [0.25, 0.3) is 10.9 Å². The summed E-state index contributed by atoms with van der Waals surface area (Å²) < 4.78 is 1.59. The van der Waals surface area contributed by atoms with Crippen molar-refractivity contribution in [3.63, 3.8) is 0 Å². The Morgan fingerprint density at radius 3 is 2.67 bits per heavy atom. The Labute approximate surface area is 139 Å². The van der Waals surface area contributed by atoms with Gasteiger partial charge in [0.15, 0.2) is 0 Å². The van der Waals surface area contributed by atoms with Gasteiger partial charge in [0.05, 0.1) is 5.52 Å². The largest absolute Gasteiger partial charge is 0.506 e. The molecule has 1 heterocycles. The molecule has 122 valence electrons. The number of benzene rings is 2. The number of rotatable bonds is 3. The SMILES string of the molecule is CCn1c(=O)c(C=Nc2cc(C)ccc2O)c(O)c2ccccc21. The van der Waals surface area contributed by atoms with E-state index in [-0.39, 0.29) is 22.6 Å². The molecule has 24 heavy (non-hydrogen) atoms. The molecule has 0 unspecified atom stereocenters. The summed E-state index contributed by atoms with van der Waals surface area (Å²) in [6.45, 7) is 4.24. The molecule has 0 spiro atoms. The molecule has 0 aliphatic heterocycles. The molecule has 1 aromatic heterocycles. The lowest BCUT2D eigenvalue weighted by atomic mass is 10.1. The van der Waals surface area contributed by atoms with Gasteiger partial charge >= 0.3 is 0 Å². The van der Waals surface area contributed by atoms with Crippen molar-refractivity contribution in [2.75, 3.05) is 0 Å². The van der Waals surface area contributed by atoms with E-state index in [4.69, 9.17) is 0 Å². The highest BCUT2D eigenvalue weighted by atomic mass is 16.3. The maximum Gasteiger partial charge on any atom is 0.263 e.